The Bertz CT molecular complexity index is 2800. The van der Waals surface area contributed by atoms with Crippen LogP contribution in [0.2, 0.25) is 10.0 Å². The van der Waals surface area contributed by atoms with Crippen molar-refractivity contribution < 1.29 is 37.5 Å². The van der Waals surface area contributed by atoms with Gasteiger partial charge in [-0.1, -0.05) is 59.1 Å². The molecule has 6 atom stereocenters. The van der Waals surface area contributed by atoms with Gasteiger partial charge < -0.3 is 10.0 Å². The van der Waals surface area contributed by atoms with Crippen molar-refractivity contribution in [2.24, 2.45) is 33.9 Å². The Balaban J connectivity index is 1.11. The number of nitrogens with zero attached hydrogens (tertiary/aromatic N) is 6. The fourth-order valence-corrected chi connectivity index (χ4v) is 10.2. The molecule has 2 saturated heterocycles. The standard InChI is InChI=1S/C47H38Cl2F3N7O5/c1-24-20-25(4-19-38(24)60)40-33-17-18-34-39(44(63)58(42(34)61)32-15-11-30(12-16-32)55-54-29-9-13-31(14-10-29)57(2)3)35(33)22-36-43(62)59(45(64)46(36,40)26-5-7-28(48)8-6-26)56-41-37(49)21-27(23-53-41)47(50,51)52/h4-17,19-21,23,34-36,39-40,60H,18,22H2,1-3H3,(H,53,56). The summed E-state index contributed by atoms with van der Waals surface area (Å²) in [5.74, 6) is -7.31. The third-order valence-corrected chi connectivity index (χ3v) is 13.4. The number of hydrogen-bond acceptors (Lipinski definition) is 10. The Morgan fingerprint density at radius 1 is 0.844 bits per heavy atom. The minimum absolute atomic E-state index is 0.00982. The lowest BCUT2D eigenvalue weighted by molar-refractivity contribution is -0.139. The number of fused-ring (bicyclic) bond motifs is 4. The number of nitrogens with one attached hydrogen (secondary N) is 1. The Morgan fingerprint density at radius 2 is 1.50 bits per heavy atom. The smallest absolute Gasteiger partial charge is 0.417 e. The molecule has 2 N–H and O–H groups in total. The van der Waals surface area contributed by atoms with Gasteiger partial charge in [0.15, 0.2) is 5.82 Å². The lowest BCUT2D eigenvalue weighted by Crippen LogP contribution is -2.53. The van der Waals surface area contributed by atoms with E-state index in [4.69, 9.17) is 23.2 Å². The average Bonchev–Trinajstić information content (AvgIpc) is 3.65. The number of aryl methyl sites for hydroxylation is 1. The topological polar surface area (TPSA) is 148 Å². The van der Waals surface area contributed by atoms with E-state index in [1.807, 2.05) is 49.3 Å². The van der Waals surface area contributed by atoms with E-state index in [0.717, 1.165) is 10.7 Å². The molecule has 2 aliphatic carbocycles. The summed E-state index contributed by atoms with van der Waals surface area (Å²) in [5, 5.41) is 19.9. The van der Waals surface area contributed by atoms with E-state index in [2.05, 4.69) is 20.6 Å². The maximum absolute atomic E-state index is 15.4. The third-order valence-electron chi connectivity index (χ3n) is 12.9. The lowest BCUT2D eigenvalue weighted by Gasteiger charge is -2.50. The van der Waals surface area contributed by atoms with E-state index in [9.17, 15) is 32.7 Å². The molecule has 4 aliphatic rings. The SMILES string of the molecule is Cc1cc(C2C3=CCC4C(=O)N(c5ccc(N=Nc6ccc(N(C)C)cc6)cc5)C(=O)C4C3CC3C(=O)N(Nc4ncc(C(F)(F)F)cc4Cl)C(=O)C32c2ccc(Cl)cc2)ccc1O. The predicted octanol–water partition coefficient (Wildman–Crippen LogP) is 10.1. The van der Waals surface area contributed by atoms with Gasteiger partial charge in [-0.3, -0.25) is 29.5 Å². The molecule has 0 radical (unpaired) electrons. The number of aromatic nitrogens is 1. The number of imide groups is 2. The van der Waals surface area contributed by atoms with Crippen LogP contribution in [0, 0.1) is 30.6 Å². The molecule has 6 unspecified atom stereocenters. The van der Waals surface area contributed by atoms with Crippen LogP contribution in [-0.4, -0.2) is 52.8 Å². The average molecular weight is 909 g/mol. The van der Waals surface area contributed by atoms with Crippen molar-refractivity contribution in [3.05, 3.63) is 147 Å². The Hall–Kier alpha value is -6.58. The quantitative estimate of drug-likeness (QED) is 0.0889. The Morgan fingerprint density at radius 3 is 2.11 bits per heavy atom. The molecule has 9 rings (SSSR count). The van der Waals surface area contributed by atoms with Crippen LogP contribution in [0.5, 0.6) is 5.75 Å². The van der Waals surface area contributed by atoms with Crippen LogP contribution in [0.1, 0.15) is 41.0 Å². The maximum atomic E-state index is 15.4. The second-order valence-electron chi connectivity index (χ2n) is 16.6. The predicted molar refractivity (Wildman–Crippen MR) is 234 cm³/mol. The number of pyridine rings is 1. The number of phenols is 1. The van der Waals surface area contributed by atoms with Gasteiger partial charge in [0.05, 0.1) is 50.8 Å². The van der Waals surface area contributed by atoms with Crippen LogP contribution >= 0.6 is 23.2 Å². The van der Waals surface area contributed by atoms with Gasteiger partial charge in [0.25, 0.3) is 11.8 Å². The number of azo groups is 1. The van der Waals surface area contributed by atoms with Gasteiger partial charge in [-0.2, -0.15) is 28.4 Å². The van der Waals surface area contributed by atoms with Crippen LogP contribution in [0.3, 0.4) is 0 Å². The highest BCUT2D eigenvalue weighted by Gasteiger charge is 2.70. The number of phenolic OH excluding ortho intramolecular Hbond substituents is 1. The molecule has 1 aromatic heterocycles. The molecule has 3 fully saturated rings. The highest BCUT2D eigenvalue weighted by molar-refractivity contribution is 6.33. The Kier molecular flexibility index (Phi) is 10.6. The summed E-state index contributed by atoms with van der Waals surface area (Å²) < 4.78 is 40.7. The molecule has 5 aromatic rings. The zero-order valence-corrected chi connectivity index (χ0v) is 35.9. The number of amides is 4. The zero-order chi connectivity index (χ0) is 45.4. The number of benzene rings is 4. The fourth-order valence-electron chi connectivity index (χ4n) is 9.87. The van der Waals surface area contributed by atoms with Crippen LogP contribution in [0.4, 0.5) is 41.7 Å². The molecular formula is C47H38Cl2F3N7O5. The monoisotopic (exact) mass is 907 g/mol. The number of halogens is 5. The molecule has 1 saturated carbocycles. The first kappa shape index (κ1) is 42.7. The highest BCUT2D eigenvalue weighted by atomic mass is 35.5. The third kappa shape index (κ3) is 6.97. The summed E-state index contributed by atoms with van der Waals surface area (Å²) in [6, 6.07) is 26.1. The molecule has 4 aromatic carbocycles. The number of allylic oxidation sites excluding steroid dienone is 2. The number of rotatable bonds is 8. The van der Waals surface area contributed by atoms with Crippen molar-refractivity contribution in [1.29, 1.82) is 0 Å². The minimum Gasteiger partial charge on any atom is -0.508 e. The maximum Gasteiger partial charge on any atom is 0.417 e. The number of alkyl halides is 3. The van der Waals surface area contributed by atoms with Crippen molar-refractivity contribution in [3.8, 4) is 5.75 Å². The number of aromatic hydroxyl groups is 1. The van der Waals surface area contributed by atoms with Gasteiger partial charge >= 0.3 is 6.18 Å². The second-order valence-corrected chi connectivity index (χ2v) is 17.4. The lowest BCUT2D eigenvalue weighted by atomic mass is 9.49. The number of hydrazine groups is 1. The first-order chi connectivity index (χ1) is 30.5. The van der Waals surface area contributed by atoms with Gasteiger partial charge in [-0.15, -0.1) is 0 Å². The van der Waals surface area contributed by atoms with Crippen molar-refractivity contribution in [3.63, 3.8) is 0 Å². The fraction of sp³-hybridized carbons (Fsp3) is 0.255. The number of carbonyl (C=O) groups excluding carboxylic acids is 4. The molecule has 0 bridgehead atoms. The first-order valence-corrected chi connectivity index (χ1v) is 21.0. The van der Waals surface area contributed by atoms with Crippen molar-refractivity contribution in [1.82, 2.24) is 9.99 Å². The highest BCUT2D eigenvalue weighted by Crippen LogP contribution is 2.64. The van der Waals surface area contributed by atoms with E-state index in [0.29, 0.717) is 56.6 Å². The number of anilines is 3. The van der Waals surface area contributed by atoms with Gasteiger partial charge in [0.2, 0.25) is 11.8 Å². The molecule has 17 heteroatoms. The van der Waals surface area contributed by atoms with Crippen LogP contribution in [0.25, 0.3) is 0 Å². The molecule has 0 spiro atoms. The van der Waals surface area contributed by atoms with Crippen molar-refractivity contribution in [2.45, 2.75) is 37.3 Å². The van der Waals surface area contributed by atoms with E-state index in [-0.39, 0.29) is 24.4 Å². The second kappa shape index (κ2) is 15.9. The zero-order valence-electron chi connectivity index (χ0n) is 34.3. The van der Waals surface area contributed by atoms with Crippen LogP contribution < -0.4 is 15.2 Å². The summed E-state index contributed by atoms with van der Waals surface area (Å²) in [7, 11) is 3.87. The van der Waals surface area contributed by atoms with E-state index in [1.165, 1.54) is 11.0 Å². The van der Waals surface area contributed by atoms with Gasteiger partial charge in [-0.05, 0) is 115 Å². The molecular weight excluding hydrogens is 870 g/mol. The molecule has 4 amide bonds. The summed E-state index contributed by atoms with van der Waals surface area (Å²) in [6.45, 7) is 1.69. The first-order valence-electron chi connectivity index (χ1n) is 20.3. The normalized spacial score (nSPS) is 24.2. The minimum atomic E-state index is -4.76. The summed E-state index contributed by atoms with van der Waals surface area (Å²) in [6.07, 6.45) is -2.23. The van der Waals surface area contributed by atoms with Gasteiger partial charge in [0, 0.05) is 36.9 Å². The van der Waals surface area contributed by atoms with Gasteiger partial charge in [0.1, 0.15) is 5.75 Å². The molecule has 2 aliphatic heterocycles. The van der Waals surface area contributed by atoms with Crippen LogP contribution in [-0.2, 0) is 30.8 Å². The molecule has 12 nitrogen and oxygen atoms in total. The molecule has 326 valence electrons. The summed E-state index contributed by atoms with van der Waals surface area (Å²) in [5.41, 5.74) is 4.35. The number of carbonyl (C=O) groups is 4. The Labute approximate surface area is 375 Å². The van der Waals surface area contributed by atoms with Crippen LogP contribution in [0.15, 0.2) is 125 Å². The van der Waals surface area contributed by atoms with Crippen molar-refractivity contribution in [2.75, 3.05) is 29.3 Å². The largest absolute Gasteiger partial charge is 0.508 e. The van der Waals surface area contributed by atoms with Gasteiger partial charge in [-0.25, -0.2) is 4.98 Å². The van der Waals surface area contributed by atoms with E-state index < -0.39 is 75.4 Å². The molecule has 64 heavy (non-hydrogen) atoms. The molecule has 3 heterocycles. The van der Waals surface area contributed by atoms with E-state index in [1.54, 1.807) is 67.6 Å². The van der Waals surface area contributed by atoms with E-state index >= 15 is 4.79 Å². The summed E-state index contributed by atoms with van der Waals surface area (Å²) >= 11 is 12.7. The summed E-state index contributed by atoms with van der Waals surface area (Å²) in [4.78, 5) is 66.5. The van der Waals surface area contributed by atoms with Crippen molar-refractivity contribution >= 4 is 75.4 Å². The number of hydrogen-bond donors (Lipinski definition) is 2.